The third-order valence-corrected chi connectivity index (χ3v) is 8.25. The topological polar surface area (TPSA) is 126 Å². The Balaban J connectivity index is 1.70. The lowest BCUT2D eigenvalue weighted by Gasteiger charge is -2.27. The summed E-state index contributed by atoms with van der Waals surface area (Å²) in [4.78, 5) is 43.3. The molecular formula is C30H25Cl2N3O7S. The molecule has 0 saturated carbocycles. The van der Waals surface area contributed by atoms with Crippen molar-refractivity contribution in [3.8, 4) is 17.1 Å². The Labute approximate surface area is 259 Å². The Morgan fingerprint density at radius 2 is 1.98 bits per heavy atom. The second-order valence-electron chi connectivity index (χ2n) is 9.42. The van der Waals surface area contributed by atoms with E-state index >= 15 is 0 Å². The number of hydrogen-bond acceptors (Lipinski definition) is 9. The summed E-state index contributed by atoms with van der Waals surface area (Å²) in [5.74, 6) is 0.468. The number of nitro benzene ring substituents is 1. The summed E-state index contributed by atoms with van der Waals surface area (Å²) in [7, 11) is 1.50. The lowest BCUT2D eigenvalue weighted by atomic mass is 9.93. The van der Waals surface area contributed by atoms with Gasteiger partial charge in [0.05, 0.1) is 39.5 Å². The minimum absolute atomic E-state index is 0.137. The fourth-order valence-corrected chi connectivity index (χ4v) is 6.25. The van der Waals surface area contributed by atoms with Crippen LogP contribution in [0.2, 0.25) is 10.0 Å². The molecule has 0 spiro atoms. The van der Waals surface area contributed by atoms with Crippen LogP contribution in [0.25, 0.3) is 17.4 Å². The second kappa shape index (κ2) is 12.6. The van der Waals surface area contributed by atoms with Crippen LogP contribution in [-0.2, 0) is 9.53 Å². The van der Waals surface area contributed by atoms with E-state index in [2.05, 4.69) is 0 Å². The number of nitro groups is 1. The predicted molar refractivity (Wildman–Crippen MR) is 163 cm³/mol. The van der Waals surface area contributed by atoms with Crippen molar-refractivity contribution in [3.63, 3.8) is 0 Å². The number of thiazole rings is 1. The predicted octanol–water partition coefficient (Wildman–Crippen LogP) is 6.06. The van der Waals surface area contributed by atoms with E-state index in [1.165, 1.54) is 29.9 Å². The van der Waals surface area contributed by atoms with Crippen LogP contribution in [0.3, 0.4) is 0 Å². The lowest BCUT2D eigenvalue weighted by molar-refractivity contribution is -0.384. The second-order valence-corrected chi connectivity index (χ2v) is 11.3. The van der Waals surface area contributed by atoms with E-state index in [0.29, 0.717) is 56.8 Å². The highest BCUT2D eigenvalue weighted by Crippen LogP contribution is 2.38. The van der Waals surface area contributed by atoms with E-state index < -0.39 is 22.5 Å². The first-order valence-corrected chi connectivity index (χ1v) is 14.8. The number of esters is 1. The van der Waals surface area contributed by atoms with Gasteiger partial charge in [-0.25, -0.2) is 9.79 Å². The number of carbonyl (C=O) groups is 1. The third kappa shape index (κ3) is 5.88. The van der Waals surface area contributed by atoms with Gasteiger partial charge in [-0.3, -0.25) is 19.5 Å². The van der Waals surface area contributed by atoms with Gasteiger partial charge in [0, 0.05) is 34.4 Å². The van der Waals surface area contributed by atoms with Crippen LogP contribution in [0.5, 0.6) is 5.75 Å². The minimum Gasteiger partial charge on any atom is -0.496 e. The number of allylic oxidation sites excluding steroid dienone is 1. The number of rotatable bonds is 9. The number of furan rings is 1. The molecule has 2 aromatic heterocycles. The van der Waals surface area contributed by atoms with E-state index in [0.717, 1.165) is 11.3 Å². The van der Waals surface area contributed by atoms with Crippen LogP contribution < -0.4 is 19.6 Å². The molecule has 0 saturated heterocycles. The molecule has 13 heteroatoms. The number of methoxy groups -OCH3 is 1. The zero-order valence-electron chi connectivity index (χ0n) is 23.3. The minimum atomic E-state index is -0.913. The standard InChI is InChI=1S/C30H25Cl2N3O7S/c1-4-6-22-26(29(37)41-5-2)27(20-13-16(31)7-11-23(20)40-3)34-28(36)25(43-30(34)33-22)15-18-9-12-24(42-18)19-14-17(35(38)39)8-10-21(19)32/h7-15,27H,4-6H2,1-3H3/b25-15+/t27-/m1/s1. The molecule has 43 heavy (non-hydrogen) atoms. The van der Waals surface area contributed by atoms with E-state index in [-0.39, 0.29) is 27.4 Å². The molecule has 5 rings (SSSR count). The highest BCUT2D eigenvalue weighted by Gasteiger charge is 2.36. The molecule has 0 aliphatic carbocycles. The highest BCUT2D eigenvalue weighted by molar-refractivity contribution is 7.07. The number of aromatic nitrogens is 1. The van der Waals surface area contributed by atoms with Gasteiger partial charge in [0.1, 0.15) is 23.3 Å². The Morgan fingerprint density at radius 3 is 2.67 bits per heavy atom. The van der Waals surface area contributed by atoms with E-state index in [1.807, 2.05) is 6.92 Å². The number of carbonyl (C=O) groups excluding carboxylic acids is 1. The average molecular weight is 643 g/mol. The van der Waals surface area contributed by atoms with Crippen LogP contribution in [0.4, 0.5) is 5.69 Å². The molecule has 0 fully saturated rings. The van der Waals surface area contributed by atoms with Gasteiger partial charge in [-0.05, 0) is 49.7 Å². The monoisotopic (exact) mass is 641 g/mol. The number of fused-ring (bicyclic) bond motifs is 1. The maximum Gasteiger partial charge on any atom is 0.338 e. The van der Waals surface area contributed by atoms with Gasteiger partial charge in [-0.2, -0.15) is 0 Å². The molecule has 0 amide bonds. The zero-order chi connectivity index (χ0) is 30.8. The molecule has 2 aromatic carbocycles. The van der Waals surface area contributed by atoms with Crippen LogP contribution in [0.15, 0.2) is 74.0 Å². The SMILES string of the molecule is CCCC1=C(C(=O)OCC)[C@@H](c2cc(Cl)ccc2OC)n2c(s/c(=C/c3ccc(-c4cc([N+](=O)[O-])ccc4Cl)o3)c2=O)=N1. The number of nitrogens with zero attached hydrogens (tertiary/aromatic N) is 3. The Bertz CT molecular complexity index is 1960. The number of ether oxygens (including phenoxy) is 2. The van der Waals surface area contributed by atoms with Crippen molar-refractivity contribution < 1.29 is 23.6 Å². The van der Waals surface area contributed by atoms with Crippen LogP contribution in [-0.4, -0.2) is 29.2 Å². The molecule has 0 N–H and O–H groups in total. The van der Waals surface area contributed by atoms with Gasteiger partial charge in [-0.1, -0.05) is 47.9 Å². The highest BCUT2D eigenvalue weighted by atomic mass is 35.5. The molecule has 4 aromatic rings. The van der Waals surface area contributed by atoms with Crippen molar-refractivity contribution in [2.45, 2.75) is 32.7 Å². The Morgan fingerprint density at radius 1 is 1.19 bits per heavy atom. The van der Waals surface area contributed by atoms with Gasteiger partial charge < -0.3 is 13.9 Å². The zero-order valence-corrected chi connectivity index (χ0v) is 25.6. The average Bonchev–Trinajstić information content (AvgIpc) is 3.56. The number of hydrogen-bond donors (Lipinski definition) is 0. The van der Waals surface area contributed by atoms with Gasteiger partial charge in [0.2, 0.25) is 0 Å². The summed E-state index contributed by atoms with van der Waals surface area (Å²) >= 11 is 13.8. The Hall–Kier alpha value is -4.19. The number of benzene rings is 2. The smallest absolute Gasteiger partial charge is 0.338 e. The first-order chi connectivity index (χ1) is 20.7. The Kier molecular flexibility index (Phi) is 8.86. The molecule has 0 radical (unpaired) electrons. The van der Waals surface area contributed by atoms with Crippen molar-refractivity contribution >= 4 is 52.3 Å². The maximum absolute atomic E-state index is 14.0. The van der Waals surface area contributed by atoms with Crippen LogP contribution in [0, 0.1) is 10.1 Å². The molecule has 1 atom stereocenters. The molecule has 3 heterocycles. The van der Waals surface area contributed by atoms with Crippen molar-refractivity contribution in [1.82, 2.24) is 4.57 Å². The number of halogens is 2. The molecule has 0 bridgehead atoms. The summed E-state index contributed by atoms with van der Waals surface area (Å²) in [6.07, 6.45) is 2.73. The van der Waals surface area contributed by atoms with Crippen molar-refractivity contribution in [1.29, 1.82) is 0 Å². The number of non-ortho nitro benzene ring substituents is 1. The summed E-state index contributed by atoms with van der Waals surface area (Å²) in [6.45, 7) is 3.82. The summed E-state index contributed by atoms with van der Waals surface area (Å²) in [6, 6.07) is 11.4. The first-order valence-electron chi connectivity index (χ1n) is 13.3. The normalized spacial score (nSPS) is 14.8. The first kappa shape index (κ1) is 30.3. The summed E-state index contributed by atoms with van der Waals surface area (Å²) in [5.41, 5.74) is 1.05. The van der Waals surface area contributed by atoms with Crippen molar-refractivity contribution in [2.24, 2.45) is 4.99 Å². The molecular weight excluding hydrogens is 617 g/mol. The van der Waals surface area contributed by atoms with Crippen molar-refractivity contribution in [3.05, 3.63) is 111 Å². The molecule has 1 aliphatic heterocycles. The van der Waals surface area contributed by atoms with Crippen molar-refractivity contribution in [2.75, 3.05) is 13.7 Å². The van der Waals surface area contributed by atoms with E-state index in [1.54, 1.807) is 43.3 Å². The molecule has 10 nitrogen and oxygen atoms in total. The largest absolute Gasteiger partial charge is 0.496 e. The van der Waals surface area contributed by atoms with Gasteiger partial charge >= 0.3 is 5.97 Å². The third-order valence-electron chi connectivity index (χ3n) is 6.70. The molecule has 222 valence electrons. The van der Waals surface area contributed by atoms with Gasteiger partial charge in [0.25, 0.3) is 11.2 Å². The summed E-state index contributed by atoms with van der Waals surface area (Å²) < 4.78 is 18.7. The van der Waals surface area contributed by atoms with E-state index in [4.69, 9.17) is 42.1 Å². The van der Waals surface area contributed by atoms with Gasteiger partial charge in [0.15, 0.2) is 4.80 Å². The van der Waals surface area contributed by atoms with Gasteiger partial charge in [-0.15, -0.1) is 0 Å². The molecule has 1 aliphatic rings. The van der Waals surface area contributed by atoms with Crippen LogP contribution in [0.1, 0.15) is 44.1 Å². The quantitative estimate of drug-likeness (QED) is 0.123. The molecule has 0 unspecified atom stereocenters. The lowest BCUT2D eigenvalue weighted by Crippen LogP contribution is -2.40. The maximum atomic E-state index is 14.0. The van der Waals surface area contributed by atoms with E-state index in [9.17, 15) is 19.7 Å². The fourth-order valence-electron chi connectivity index (χ4n) is 4.85. The fraction of sp³-hybridized carbons (Fsp3) is 0.233. The van der Waals surface area contributed by atoms with Crippen LogP contribution >= 0.6 is 34.5 Å². The summed E-state index contributed by atoms with van der Waals surface area (Å²) in [5, 5.41) is 11.9.